The topological polar surface area (TPSA) is 54.6 Å². The van der Waals surface area contributed by atoms with E-state index in [1.54, 1.807) is 0 Å². The van der Waals surface area contributed by atoms with Crippen LogP contribution in [-0.2, 0) is 0 Å². The minimum absolute atomic E-state index is 0.0672. The molecule has 2 N–H and O–H groups in total. The summed E-state index contributed by atoms with van der Waals surface area (Å²) in [6.07, 6.45) is 5.83. The van der Waals surface area contributed by atoms with Crippen LogP contribution in [0.2, 0.25) is 0 Å². The van der Waals surface area contributed by atoms with Gasteiger partial charge >= 0.3 is 0 Å². The molecule has 1 aromatic rings. The van der Waals surface area contributed by atoms with Crippen LogP contribution >= 0.6 is 22.6 Å². The van der Waals surface area contributed by atoms with Crippen molar-refractivity contribution in [1.29, 1.82) is 0 Å². The van der Waals surface area contributed by atoms with Crippen LogP contribution in [0.3, 0.4) is 0 Å². The second kappa shape index (κ2) is 7.65. The molecular formula is C11H18INO3. The van der Waals surface area contributed by atoms with Gasteiger partial charge in [0.05, 0.1) is 0 Å². The van der Waals surface area contributed by atoms with Gasteiger partial charge < -0.3 is 15.1 Å². The quantitative estimate of drug-likeness (QED) is 0.435. The number of rotatable bonds is 8. The molecule has 4 nitrogen and oxygen atoms in total. The summed E-state index contributed by atoms with van der Waals surface area (Å²) >= 11 is 2.39. The molecule has 0 saturated carbocycles. The largest absolute Gasteiger partial charge is 0.492 e. The predicted molar refractivity (Wildman–Crippen MR) is 71.2 cm³/mol. The summed E-state index contributed by atoms with van der Waals surface area (Å²) < 4.78 is 2.27. The van der Waals surface area contributed by atoms with Gasteiger partial charge in [-0.3, -0.25) is 0 Å². The molecule has 0 atom stereocenters. The molecule has 1 aromatic heterocycles. The van der Waals surface area contributed by atoms with E-state index in [9.17, 15) is 10.2 Å². The van der Waals surface area contributed by atoms with Crippen LogP contribution < -0.4 is 4.84 Å². The Bertz CT molecular complexity index is 282. The number of aromatic hydroxyl groups is 2. The molecule has 0 fully saturated rings. The number of halogens is 1. The minimum atomic E-state index is -0.0672. The fraction of sp³-hybridized carbons (Fsp3) is 0.636. The van der Waals surface area contributed by atoms with E-state index in [0.717, 1.165) is 17.6 Å². The van der Waals surface area contributed by atoms with Gasteiger partial charge in [-0.25, -0.2) is 0 Å². The summed E-state index contributed by atoms with van der Waals surface area (Å²) in [4.78, 5) is 5.23. The third-order valence-electron chi connectivity index (χ3n) is 2.30. The molecule has 5 heteroatoms. The minimum Gasteiger partial charge on any atom is -0.492 e. The molecular weight excluding hydrogens is 321 g/mol. The van der Waals surface area contributed by atoms with E-state index >= 15 is 0 Å². The van der Waals surface area contributed by atoms with E-state index in [4.69, 9.17) is 4.84 Å². The van der Waals surface area contributed by atoms with Crippen molar-refractivity contribution in [2.75, 3.05) is 11.0 Å². The van der Waals surface area contributed by atoms with Gasteiger partial charge in [-0.05, 0) is 23.7 Å². The summed E-state index contributed by atoms with van der Waals surface area (Å²) in [6.45, 7) is 0.514. The molecule has 0 aromatic carbocycles. The number of hydrogen-bond donors (Lipinski definition) is 2. The summed E-state index contributed by atoms with van der Waals surface area (Å²) in [5.41, 5.74) is 0. The monoisotopic (exact) mass is 339 g/mol. The van der Waals surface area contributed by atoms with E-state index in [2.05, 4.69) is 22.6 Å². The number of alkyl halides is 1. The normalized spacial score (nSPS) is 10.6. The molecule has 92 valence electrons. The summed E-state index contributed by atoms with van der Waals surface area (Å²) in [5.74, 6) is -0.134. The maximum Gasteiger partial charge on any atom is 0.229 e. The van der Waals surface area contributed by atoms with Gasteiger partial charge in [0.1, 0.15) is 6.61 Å². The number of nitrogens with zero attached hydrogens (tertiary/aromatic N) is 1. The lowest BCUT2D eigenvalue weighted by molar-refractivity contribution is 0.0727. The first kappa shape index (κ1) is 13.5. The Hall–Kier alpha value is -0.590. The lowest BCUT2D eigenvalue weighted by atomic mass is 10.2. The molecule has 0 unspecified atom stereocenters. The van der Waals surface area contributed by atoms with Crippen molar-refractivity contribution < 1.29 is 15.1 Å². The molecule has 0 aliphatic heterocycles. The molecule has 16 heavy (non-hydrogen) atoms. The van der Waals surface area contributed by atoms with Crippen molar-refractivity contribution in [3.63, 3.8) is 0 Å². The van der Waals surface area contributed by atoms with Gasteiger partial charge in [0.25, 0.3) is 0 Å². The Morgan fingerprint density at radius 3 is 2.19 bits per heavy atom. The highest BCUT2D eigenvalue weighted by molar-refractivity contribution is 14.1. The highest BCUT2D eigenvalue weighted by Gasteiger charge is 2.05. The first-order valence-corrected chi connectivity index (χ1v) is 7.07. The maximum atomic E-state index is 9.28. The second-order valence-electron chi connectivity index (χ2n) is 3.63. The van der Waals surface area contributed by atoms with Gasteiger partial charge in [-0.1, -0.05) is 35.4 Å². The first-order valence-electron chi connectivity index (χ1n) is 5.54. The highest BCUT2D eigenvalue weighted by Crippen LogP contribution is 2.18. The fourth-order valence-electron chi connectivity index (χ4n) is 1.42. The lowest BCUT2D eigenvalue weighted by Crippen LogP contribution is -2.11. The van der Waals surface area contributed by atoms with Gasteiger partial charge in [-0.15, -0.1) is 4.73 Å². The number of aromatic nitrogens is 1. The fourth-order valence-corrected chi connectivity index (χ4v) is 1.96. The first-order chi connectivity index (χ1) is 7.75. The average Bonchev–Trinajstić information content (AvgIpc) is 2.59. The van der Waals surface area contributed by atoms with Crippen LogP contribution in [-0.4, -0.2) is 26.0 Å². The summed E-state index contributed by atoms with van der Waals surface area (Å²) in [7, 11) is 0. The zero-order chi connectivity index (χ0) is 11.8. The Balaban J connectivity index is 2.07. The maximum absolute atomic E-state index is 9.28. The molecule has 0 aliphatic carbocycles. The van der Waals surface area contributed by atoms with E-state index in [-0.39, 0.29) is 11.8 Å². The van der Waals surface area contributed by atoms with Gasteiger partial charge in [0.2, 0.25) is 11.8 Å². The SMILES string of the molecule is Oc1ccc(O)n1OCCCCCCCI. The van der Waals surface area contributed by atoms with E-state index in [1.165, 1.54) is 35.8 Å². The molecule has 0 spiro atoms. The zero-order valence-electron chi connectivity index (χ0n) is 9.23. The van der Waals surface area contributed by atoms with Crippen molar-refractivity contribution in [1.82, 2.24) is 4.73 Å². The molecule has 0 aliphatic rings. The van der Waals surface area contributed by atoms with Crippen LogP contribution in [0.4, 0.5) is 0 Å². The molecule has 0 radical (unpaired) electrons. The molecule has 0 saturated heterocycles. The Kier molecular flexibility index (Phi) is 6.44. The molecule has 1 rings (SSSR count). The van der Waals surface area contributed by atoms with Gasteiger partial charge in [0, 0.05) is 12.1 Å². The van der Waals surface area contributed by atoms with Crippen molar-refractivity contribution in [2.24, 2.45) is 0 Å². The number of hydrogen-bond acceptors (Lipinski definition) is 3. The zero-order valence-corrected chi connectivity index (χ0v) is 11.4. The number of unbranched alkanes of at least 4 members (excludes halogenated alkanes) is 4. The lowest BCUT2D eigenvalue weighted by Gasteiger charge is -2.08. The van der Waals surface area contributed by atoms with Gasteiger partial charge in [0.15, 0.2) is 0 Å². The van der Waals surface area contributed by atoms with E-state index in [1.807, 2.05) is 0 Å². The predicted octanol–water partition coefficient (Wildman–Crippen LogP) is 2.71. The van der Waals surface area contributed by atoms with Gasteiger partial charge in [-0.2, -0.15) is 0 Å². The van der Waals surface area contributed by atoms with Crippen LogP contribution in [0.25, 0.3) is 0 Å². The molecule has 1 heterocycles. The van der Waals surface area contributed by atoms with Crippen molar-refractivity contribution >= 4 is 22.6 Å². The van der Waals surface area contributed by atoms with Crippen molar-refractivity contribution in [3.05, 3.63) is 12.1 Å². The Morgan fingerprint density at radius 2 is 1.56 bits per heavy atom. The van der Waals surface area contributed by atoms with Crippen molar-refractivity contribution in [2.45, 2.75) is 32.1 Å². The van der Waals surface area contributed by atoms with Crippen molar-refractivity contribution in [3.8, 4) is 11.8 Å². The summed E-state index contributed by atoms with van der Waals surface area (Å²) in [5, 5.41) is 18.6. The second-order valence-corrected chi connectivity index (χ2v) is 4.71. The third kappa shape index (κ3) is 4.51. The van der Waals surface area contributed by atoms with Crippen LogP contribution in [0.5, 0.6) is 11.8 Å². The van der Waals surface area contributed by atoms with Crippen LogP contribution in [0, 0.1) is 0 Å². The molecule has 0 bridgehead atoms. The van der Waals surface area contributed by atoms with Crippen LogP contribution in [0.1, 0.15) is 32.1 Å². The van der Waals surface area contributed by atoms with Crippen LogP contribution in [0.15, 0.2) is 12.1 Å². The third-order valence-corrected chi connectivity index (χ3v) is 3.06. The standard InChI is InChI=1S/C11H18INO3/c12-8-4-2-1-3-5-9-16-13-10(14)6-7-11(13)15/h6-7,14-15H,1-5,8-9H2. The average molecular weight is 339 g/mol. The Labute approximate surface area is 109 Å². The van der Waals surface area contributed by atoms with E-state index < -0.39 is 0 Å². The summed E-state index contributed by atoms with van der Waals surface area (Å²) in [6, 6.07) is 2.80. The Morgan fingerprint density at radius 1 is 1.00 bits per heavy atom. The van der Waals surface area contributed by atoms with E-state index in [0.29, 0.717) is 6.61 Å². The molecule has 0 amide bonds. The smallest absolute Gasteiger partial charge is 0.229 e. The highest BCUT2D eigenvalue weighted by atomic mass is 127.